The molecular weight excluding hydrogens is 349 g/mol. The largest absolute Gasteiger partial charge is 0.242 e. The standard InChI is InChI=1S/C17H28FNO3S2/c1-15(2,3)17(7,19-23(20)16(4,5)6)14(18)24(21,22)13-11-9-8-10-12-13/h8-12,14,19H,1-7H3/t14-,17-,23+/m0/s1. The summed E-state index contributed by atoms with van der Waals surface area (Å²) in [7, 11) is -5.85. The fraction of sp³-hybridized carbons (Fsp3) is 0.647. The summed E-state index contributed by atoms with van der Waals surface area (Å²) in [5.41, 5.74) is -4.59. The Balaban J connectivity index is 3.39. The molecule has 0 unspecified atom stereocenters. The highest BCUT2D eigenvalue weighted by molar-refractivity contribution is 7.92. The zero-order valence-corrected chi connectivity index (χ0v) is 17.0. The van der Waals surface area contributed by atoms with Crippen molar-refractivity contribution < 1.29 is 17.0 Å². The lowest BCUT2D eigenvalue weighted by Gasteiger charge is -2.44. The number of nitrogens with one attached hydrogen (secondary N) is 1. The normalized spacial score (nSPS) is 18.7. The lowest BCUT2D eigenvalue weighted by molar-refractivity contribution is 0.121. The van der Waals surface area contributed by atoms with Gasteiger partial charge in [-0.1, -0.05) is 39.0 Å². The maximum Gasteiger partial charge on any atom is 0.224 e. The molecule has 0 aromatic heterocycles. The first-order chi connectivity index (χ1) is 10.6. The summed E-state index contributed by atoms with van der Waals surface area (Å²) in [6, 6.07) is 7.50. The Morgan fingerprint density at radius 1 is 1.00 bits per heavy atom. The molecule has 1 N–H and O–H groups in total. The topological polar surface area (TPSA) is 63.2 Å². The van der Waals surface area contributed by atoms with Crippen molar-refractivity contribution in [3.05, 3.63) is 30.3 Å². The molecule has 0 aliphatic heterocycles. The van der Waals surface area contributed by atoms with Crippen LogP contribution in [0, 0.1) is 5.41 Å². The SMILES string of the molecule is CC(C)(C)[S@@](=O)N[C@@](C)([C@@H](F)S(=O)(=O)c1ccccc1)C(C)(C)C. The summed E-state index contributed by atoms with van der Waals surface area (Å²) < 4.78 is 55.5. The highest BCUT2D eigenvalue weighted by Gasteiger charge is 2.53. The molecule has 0 saturated carbocycles. The predicted octanol–water partition coefficient (Wildman–Crippen LogP) is 3.61. The van der Waals surface area contributed by atoms with Crippen molar-refractivity contribution in [3.63, 3.8) is 0 Å². The van der Waals surface area contributed by atoms with Crippen molar-refractivity contribution in [3.8, 4) is 0 Å². The summed E-state index contributed by atoms with van der Waals surface area (Å²) in [6.45, 7) is 11.9. The molecule has 1 aromatic rings. The van der Waals surface area contributed by atoms with E-state index in [0.717, 1.165) is 0 Å². The third kappa shape index (κ3) is 4.24. The van der Waals surface area contributed by atoms with Crippen LogP contribution in [0.3, 0.4) is 0 Å². The number of alkyl halides is 1. The smallest absolute Gasteiger partial charge is 0.224 e. The van der Waals surface area contributed by atoms with Gasteiger partial charge in [0.2, 0.25) is 15.3 Å². The van der Waals surface area contributed by atoms with Crippen molar-refractivity contribution >= 4 is 20.8 Å². The summed E-state index contributed by atoms with van der Waals surface area (Å²) in [5, 5.41) is 0. The molecule has 0 aliphatic rings. The molecule has 0 amide bonds. The van der Waals surface area contributed by atoms with Crippen molar-refractivity contribution in [2.24, 2.45) is 5.41 Å². The minimum Gasteiger partial charge on any atom is -0.242 e. The van der Waals surface area contributed by atoms with E-state index in [2.05, 4.69) is 4.72 Å². The first-order valence-electron chi connectivity index (χ1n) is 7.77. The Morgan fingerprint density at radius 3 is 1.83 bits per heavy atom. The quantitative estimate of drug-likeness (QED) is 0.852. The van der Waals surface area contributed by atoms with Gasteiger partial charge in [-0.2, -0.15) is 0 Å². The number of benzene rings is 1. The van der Waals surface area contributed by atoms with Gasteiger partial charge in [0.25, 0.3) is 0 Å². The van der Waals surface area contributed by atoms with Gasteiger partial charge in [0, 0.05) is 0 Å². The van der Waals surface area contributed by atoms with Crippen molar-refractivity contribution in [1.82, 2.24) is 4.72 Å². The van der Waals surface area contributed by atoms with E-state index in [-0.39, 0.29) is 4.90 Å². The van der Waals surface area contributed by atoms with Crippen LogP contribution in [0.4, 0.5) is 4.39 Å². The van der Waals surface area contributed by atoms with E-state index in [1.54, 1.807) is 59.7 Å². The van der Waals surface area contributed by atoms with E-state index in [4.69, 9.17) is 0 Å². The first kappa shape index (κ1) is 21.3. The number of hydrogen-bond acceptors (Lipinski definition) is 3. The second-order valence-electron chi connectivity index (χ2n) is 8.11. The van der Waals surface area contributed by atoms with Crippen molar-refractivity contribution in [2.45, 2.75) is 69.2 Å². The molecule has 3 atom stereocenters. The van der Waals surface area contributed by atoms with Gasteiger partial charge in [-0.05, 0) is 45.2 Å². The maximum atomic E-state index is 15.4. The van der Waals surface area contributed by atoms with Gasteiger partial charge in [0.15, 0.2) is 0 Å². The Hall–Kier alpha value is -0.790. The van der Waals surface area contributed by atoms with Gasteiger partial charge in [-0.25, -0.2) is 21.7 Å². The van der Waals surface area contributed by atoms with Crippen LogP contribution in [0.25, 0.3) is 0 Å². The Morgan fingerprint density at radius 2 is 1.46 bits per heavy atom. The van der Waals surface area contributed by atoms with Gasteiger partial charge in [-0.15, -0.1) is 0 Å². The second kappa shape index (κ2) is 6.84. The number of sulfone groups is 1. The average Bonchev–Trinajstić information content (AvgIpc) is 2.44. The fourth-order valence-electron chi connectivity index (χ4n) is 1.93. The van der Waals surface area contributed by atoms with Crippen LogP contribution in [-0.2, 0) is 20.8 Å². The highest BCUT2D eigenvalue weighted by atomic mass is 32.2. The summed E-state index contributed by atoms with van der Waals surface area (Å²) in [6.07, 6.45) is 0. The maximum absolute atomic E-state index is 15.4. The van der Waals surface area contributed by atoms with Crippen molar-refractivity contribution in [1.29, 1.82) is 0 Å². The summed E-state index contributed by atoms with van der Waals surface area (Å²) in [5.74, 6) is 0. The molecule has 0 aliphatic carbocycles. The second-order valence-corrected chi connectivity index (χ2v) is 12.1. The van der Waals surface area contributed by atoms with Gasteiger partial charge in [0.1, 0.15) is 0 Å². The molecule has 0 heterocycles. The molecular formula is C17H28FNO3S2. The number of hydrogen-bond donors (Lipinski definition) is 1. The van der Waals surface area contributed by atoms with Gasteiger partial charge in [-0.3, -0.25) is 0 Å². The molecule has 0 spiro atoms. The molecule has 0 fully saturated rings. The van der Waals surface area contributed by atoms with Crippen LogP contribution in [0.2, 0.25) is 0 Å². The van der Waals surface area contributed by atoms with E-state index in [1.165, 1.54) is 19.1 Å². The Bertz CT molecular complexity index is 691. The third-order valence-electron chi connectivity index (χ3n) is 4.22. The molecule has 1 aromatic carbocycles. The van der Waals surface area contributed by atoms with Gasteiger partial charge >= 0.3 is 0 Å². The molecule has 0 saturated heterocycles. The summed E-state index contributed by atoms with van der Waals surface area (Å²) in [4.78, 5) is -0.0867. The minimum absolute atomic E-state index is 0.0867. The van der Waals surface area contributed by atoms with Crippen LogP contribution in [0.1, 0.15) is 48.5 Å². The zero-order valence-electron chi connectivity index (χ0n) is 15.4. The van der Waals surface area contributed by atoms with Crippen LogP contribution in [-0.4, -0.2) is 28.4 Å². The predicted molar refractivity (Wildman–Crippen MR) is 97.4 cm³/mol. The van der Waals surface area contributed by atoms with Crippen molar-refractivity contribution in [2.75, 3.05) is 0 Å². The lowest BCUT2D eigenvalue weighted by Crippen LogP contribution is -2.63. The van der Waals surface area contributed by atoms with E-state index in [1.807, 2.05) is 0 Å². The Kier molecular flexibility index (Phi) is 6.06. The van der Waals surface area contributed by atoms with E-state index < -0.39 is 42.0 Å². The number of halogens is 1. The fourth-order valence-corrected chi connectivity index (χ4v) is 4.91. The lowest BCUT2D eigenvalue weighted by atomic mass is 9.76. The number of rotatable bonds is 5. The van der Waals surface area contributed by atoms with Gasteiger partial charge < -0.3 is 0 Å². The van der Waals surface area contributed by atoms with Crippen LogP contribution < -0.4 is 4.72 Å². The van der Waals surface area contributed by atoms with Crippen LogP contribution in [0.5, 0.6) is 0 Å². The minimum atomic E-state index is -4.23. The average molecular weight is 378 g/mol. The van der Waals surface area contributed by atoms with Crippen LogP contribution in [0.15, 0.2) is 35.2 Å². The van der Waals surface area contributed by atoms with E-state index in [9.17, 15) is 12.6 Å². The third-order valence-corrected chi connectivity index (χ3v) is 7.88. The van der Waals surface area contributed by atoms with E-state index in [0.29, 0.717) is 0 Å². The molecule has 7 heteroatoms. The molecule has 4 nitrogen and oxygen atoms in total. The molecule has 138 valence electrons. The Labute approximate surface area is 147 Å². The highest BCUT2D eigenvalue weighted by Crippen LogP contribution is 2.39. The molecule has 0 bridgehead atoms. The van der Waals surface area contributed by atoms with E-state index >= 15 is 4.39 Å². The van der Waals surface area contributed by atoms with Crippen LogP contribution >= 0.6 is 0 Å². The first-order valence-corrected chi connectivity index (χ1v) is 10.5. The molecule has 0 radical (unpaired) electrons. The zero-order chi connectivity index (χ0) is 19.0. The van der Waals surface area contributed by atoms with Gasteiger partial charge in [0.05, 0.1) is 26.2 Å². The summed E-state index contributed by atoms with van der Waals surface area (Å²) >= 11 is 0. The monoisotopic (exact) mass is 377 g/mol. The molecule has 24 heavy (non-hydrogen) atoms. The molecule has 1 rings (SSSR count).